The zero-order chi connectivity index (χ0) is 20.3. The molecule has 3 aromatic rings. The molecule has 0 fully saturated rings. The van der Waals surface area contributed by atoms with Gasteiger partial charge in [0, 0.05) is 11.9 Å². The molecule has 9 nitrogen and oxygen atoms in total. The molecule has 0 bridgehead atoms. The molecule has 2 amide bonds. The van der Waals surface area contributed by atoms with E-state index in [0.29, 0.717) is 10.8 Å². The van der Waals surface area contributed by atoms with Crippen LogP contribution in [0.2, 0.25) is 0 Å². The lowest BCUT2D eigenvalue weighted by Crippen LogP contribution is -2.22. The molecule has 0 saturated heterocycles. The molecular weight excluding hydrogens is 382 g/mol. The summed E-state index contributed by atoms with van der Waals surface area (Å²) in [6.45, 7) is 3.27. The average Bonchev–Trinajstić information content (AvgIpc) is 3.25. The van der Waals surface area contributed by atoms with Gasteiger partial charge in [-0.15, -0.1) is 11.3 Å². The first kappa shape index (κ1) is 19.2. The van der Waals surface area contributed by atoms with Crippen LogP contribution in [0.5, 0.6) is 0 Å². The fourth-order valence-electron chi connectivity index (χ4n) is 2.47. The van der Waals surface area contributed by atoms with Crippen molar-refractivity contribution in [3.05, 3.63) is 58.4 Å². The summed E-state index contributed by atoms with van der Waals surface area (Å²) in [5.74, 6) is -1.35. The zero-order valence-electron chi connectivity index (χ0n) is 15.1. The van der Waals surface area contributed by atoms with Gasteiger partial charge in [0.2, 0.25) is 0 Å². The van der Waals surface area contributed by atoms with E-state index in [0.717, 1.165) is 22.7 Å². The molecule has 0 aliphatic heterocycles. The number of amides is 2. The van der Waals surface area contributed by atoms with Crippen molar-refractivity contribution in [2.45, 2.75) is 13.8 Å². The smallest absolute Gasteiger partial charge is 0.340 e. The highest BCUT2D eigenvalue weighted by atomic mass is 32.1. The van der Waals surface area contributed by atoms with E-state index >= 15 is 0 Å². The molecule has 28 heavy (non-hydrogen) atoms. The first-order chi connectivity index (χ1) is 13.3. The van der Waals surface area contributed by atoms with E-state index in [1.165, 1.54) is 12.3 Å². The average molecular weight is 399 g/mol. The second-order valence-corrected chi connectivity index (χ2v) is 6.81. The van der Waals surface area contributed by atoms with Gasteiger partial charge in [-0.1, -0.05) is 0 Å². The van der Waals surface area contributed by atoms with Crippen LogP contribution in [0.3, 0.4) is 0 Å². The summed E-state index contributed by atoms with van der Waals surface area (Å²) in [6.07, 6.45) is 1.36. The van der Waals surface area contributed by atoms with Crippen molar-refractivity contribution >= 4 is 34.1 Å². The van der Waals surface area contributed by atoms with Crippen LogP contribution in [0.4, 0.5) is 5.00 Å². The summed E-state index contributed by atoms with van der Waals surface area (Å²) in [5.41, 5.74) is 7.40. The number of hydrogen-bond acceptors (Lipinski definition) is 7. The Labute approximate surface area is 164 Å². The zero-order valence-corrected chi connectivity index (χ0v) is 15.9. The molecular formula is C18H17N5O4S. The molecule has 0 aromatic carbocycles. The largest absolute Gasteiger partial charge is 0.452 e. The van der Waals surface area contributed by atoms with Gasteiger partial charge in [-0.3, -0.25) is 9.59 Å². The Morgan fingerprint density at radius 1 is 1.25 bits per heavy atom. The minimum atomic E-state index is -0.691. The number of hydrogen-bond donors (Lipinski definition) is 2. The number of esters is 1. The van der Waals surface area contributed by atoms with Gasteiger partial charge in [-0.2, -0.15) is 5.10 Å². The number of thiophene rings is 1. The summed E-state index contributed by atoms with van der Waals surface area (Å²) < 4.78 is 6.65. The molecule has 3 aromatic heterocycles. The highest BCUT2D eigenvalue weighted by Crippen LogP contribution is 2.22. The van der Waals surface area contributed by atoms with Crippen molar-refractivity contribution in [3.63, 3.8) is 0 Å². The molecule has 0 spiro atoms. The van der Waals surface area contributed by atoms with Crippen molar-refractivity contribution in [3.8, 4) is 5.82 Å². The fourth-order valence-corrected chi connectivity index (χ4v) is 3.28. The van der Waals surface area contributed by atoms with Crippen LogP contribution in [0.15, 0.2) is 35.8 Å². The maximum absolute atomic E-state index is 12.1. The molecule has 3 rings (SSSR count). The van der Waals surface area contributed by atoms with Gasteiger partial charge < -0.3 is 15.8 Å². The lowest BCUT2D eigenvalue weighted by molar-refractivity contribution is -0.119. The molecule has 0 saturated carbocycles. The number of carbonyl (C=O) groups excluding carboxylic acids is 3. The summed E-state index contributed by atoms with van der Waals surface area (Å²) in [6, 6.07) is 6.61. The number of nitrogens with two attached hydrogens (primary N) is 1. The Kier molecular flexibility index (Phi) is 5.50. The Morgan fingerprint density at radius 3 is 2.64 bits per heavy atom. The predicted octanol–water partition coefficient (Wildman–Crippen LogP) is 1.84. The van der Waals surface area contributed by atoms with Crippen LogP contribution in [0.1, 0.15) is 32.1 Å². The second-order valence-electron chi connectivity index (χ2n) is 5.90. The third-order valence-corrected chi connectivity index (χ3v) is 4.56. The van der Waals surface area contributed by atoms with E-state index in [9.17, 15) is 14.4 Å². The third kappa shape index (κ3) is 4.23. The molecule has 0 aliphatic carbocycles. The summed E-state index contributed by atoms with van der Waals surface area (Å²) in [5, 5.41) is 8.75. The molecule has 144 valence electrons. The van der Waals surface area contributed by atoms with E-state index in [1.54, 1.807) is 22.2 Å². The third-order valence-electron chi connectivity index (χ3n) is 3.73. The molecule has 0 aliphatic rings. The number of aryl methyl sites for hydroxylation is 2. The van der Waals surface area contributed by atoms with E-state index in [4.69, 9.17) is 10.5 Å². The van der Waals surface area contributed by atoms with Crippen molar-refractivity contribution in [2.75, 3.05) is 11.9 Å². The van der Waals surface area contributed by atoms with Crippen LogP contribution >= 0.6 is 11.3 Å². The number of anilines is 1. The number of primary amides is 1. The number of carbonyl (C=O) groups is 3. The molecule has 3 N–H and O–H groups in total. The first-order valence-electron chi connectivity index (χ1n) is 8.19. The van der Waals surface area contributed by atoms with Gasteiger partial charge in [0.15, 0.2) is 12.4 Å². The lowest BCUT2D eigenvalue weighted by Gasteiger charge is -2.07. The molecule has 3 heterocycles. The van der Waals surface area contributed by atoms with Gasteiger partial charge in [0.05, 0.1) is 16.8 Å². The van der Waals surface area contributed by atoms with Crippen molar-refractivity contribution in [1.82, 2.24) is 14.8 Å². The van der Waals surface area contributed by atoms with Crippen molar-refractivity contribution in [1.29, 1.82) is 0 Å². The topological polar surface area (TPSA) is 129 Å². The molecule has 0 radical (unpaired) electrons. The van der Waals surface area contributed by atoms with Gasteiger partial charge >= 0.3 is 5.97 Å². The van der Waals surface area contributed by atoms with E-state index < -0.39 is 24.4 Å². The minimum absolute atomic E-state index is 0.201. The number of ether oxygens (including phenoxy) is 1. The van der Waals surface area contributed by atoms with Crippen LogP contribution in [-0.2, 0) is 9.53 Å². The van der Waals surface area contributed by atoms with Gasteiger partial charge in [0.1, 0.15) is 5.00 Å². The maximum Gasteiger partial charge on any atom is 0.340 e. The second kappa shape index (κ2) is 8.01. The van der Waals surface area contributed by atoms with Crippen LogP contribution in [0.25, 0.3) is 5.82 Å². The maximum atomic E-state index is 12.1. The Hall–Kier alpha value is -3.53. The first-order valence-corrected chi connectivity index (χ1v) is 9.07. The van der Waals surface area contributed by atoms with Crippen LogP contribution < -0.4 is 11.1 Å². The highest BCUT2D eigenvalue weighted by molar-refractivity contribution is 7.14. The molecule has 10 heteroatoms. The van der Waals surface area contributed by atoms with Gasteiger partial charge in [-0.25, -0.2) is 14.5 Å². The number of nitrogens with one attached hydrogen (secondary N) is 1. The lowest BCUT2D eigenvalue weighted by atomic mass is 10.3. The monoisotopic (exact) mass is 399 g/mol. The minimum Gasteiger partial charge on any atom is -0.452 e. The van der Waals surface area contributed by atoms with Gasteiger partial charge in [-0.05, 0) is 43.5 Å². The van der Waals surface area contributed by atoms with Crippen LogP contribution in [-0.4, -0.2) is 39.2 Å². The summed E-state index contributed by atoms with van der Waals surface area (Å²) in [7, 11) is 0. The Morgan fingerprint density at radius 2 is 2.04 bits per heavy atom. The van der Waals surface area contributed by atoms with Crippen LogP contribution in [0, 0.1) is 13.8 Å². The number of nitrogens with zero attached hydrogens (tertiary/aromatic N) is 3. The number of aromatic nitrogens is 3. The quantitative estimate of drug-likeness (QED) is 0.609. The molecule has 0 unspecified atom stereocenters. The fraction of sp³-hybridized carbons (Fsp3) is 0.167. The SMILES string of the molecule is Cc1cc(C)n(-c2ccc(C(=O)OCC(=O)Nc3sccc3C(N)=O)cn2)n1. The number of rotatable bonds is 6. The Bertz CT molecular complexity index is 1040. The van der Waals surface area contributed by atoms with E-state index in [-0.39, 0.29) is 11.1 Å². The van der Waals surface area contributed by atoms with Crippen molar-refractivity contribution < 1.29 is 19.1 Å². The van der Waals surface area contributed by atoms with Crippen molar-refractivity contribution in [2.24, 2.45) is 5.73 Å². The Balaban J connectivity index is 1.59. The standard InChI is InChI=1S/C18H17N5O4S/c1-10-7-11(2)23(22-10)14-4-3-12(8-20-14)18(26)27-9-15(24)21-17-13(16(19)25)5-6-28-17/h3-8H,9H2,1-2H3,(H2,19,25)(H,21,24). The summed E-state index contributed by atoms with van der Waals surface area (Å²) >= 11 is 1.15. The highest BCUT2D eigenvalue weighted by Gasteiger charge is 2.15. The number of pyridine rings is 1. The van der Waals surface area contributed by atoms with E-state index in [2.05, 4.69) is 15.4 Å². The molecule has 0 atom stereocenters. The summed E-state index contributed by atoms with van der Waals surface area (Å²) in [4.78, 5) is 39.5. The normalized spacial score (nSPS) is 10.5. The van der Waals surface area contributed by atoms with Gasteiger partial charge in [0.25, 0.3) is 11.8 Å². The predicted molar refractivity (Wildman–Crippen MR) is 103 cm³/mol. The van der Waals surface area contributed by atoms with E-state index in [1.807, 2.05) is 19.9 Å².